The van der Waals surface area contributed by atoms with Crippen molar-refractivity contribution >= 4 is 18.3 Å². The van der Waals surface area contributed by atoms with Crippen LogP contribution in [0.1, 0.15) is 39.0 Å². The fraction of sp³-hybridized carbons (Fsp3) is 0.611. The topological polar surface area (TPSA) is 41.6 Å². The standard InChI is InChI=1S/C18H27FN2O2.ClH/c1-14(23-16-9-7-15(19)8-10-16)17(22)20-13-18(21(2)3)11-5-4-6-12-18;/h7-10,14H,4-6,11-13H2,1-3H3,(H,20,22);1H. The molecule has 0 radical (unpaired) electrons. The van der Waals surface area contributed by atoms with Gasteiger partial charge in [0, 0.05) is 12.1 Å². The minimum atomic E-state index is -0.608. The maximum absolute atomic E-state index is 12.9. The normalized spacial score (nSPS) is 17.7. The molecule has 1 aromatic rings. The van der Waals surface area contributed by atoms with Crippen LogP contribution in [0.25, 0.3) is 0 Å². The largest absolute Gasteiger partial charge is 0.481 e. The average Bonchev–Trinajstić information content (AvgIpc) is 2.55. The van der Waals surface area contributed by atoms with Crippen LogP contribution >= 0.6 is 12.4 Å². The first-order chi connectivity index (χ1) is 10.9. The Balaban J connectivity index is 0.00000288. The van der Waals surface area contributed by atoms with Crippen LogP contribution in [-0.2, 0) is 4.79 Å². The van der Waals surface area contributed by atoms with E-state index in [-0.39, 0.29) is 29.7 Å². The summed E-state index contributed by atoms with van der Waals surface area (Å²) < 4.78 is 18.5. The Morgan fingerprint density at radius 2 is 1.83 bits per heavy atom. The van der Waals surface area contributed by atoms with E-state index in [1.165, 1.54) is 43.5 Å². The highest BCUT2D eigenvalue weighted by Crippen LogP contribution is 2.31. The fourth-order valence-electron chi connectivity index (χ4n) is 3.16. The highest BCUT2D eigenvalue weighted by atomic mass is 35.5. The van der Waals surface area contributed by atoms with Gasteiger partial charge >= 0.3 is 0 Å². The molecule has 0 saturated heterocycles. The predicted octanol–water partition coefficient (Wildman–Crippen LogP) is 3.40. The van der Waals surface area contributed by atoms with Crippen molar-refractivity contribution < 1.29 is 13.9 Å². The van der Waals surface area contributed by atoms with Crippen LogP contribution in [0.2, 0.25) is 0 Å². The molecule has 1 aliphatic carbocycles. The molecule has 0 aromatic heterocycles. The Bertz CT molecular complexity index is 516. The zero-order chi connectivity index (χ0) is 16.9. The molecule has 136 valence electrons. The summed E-state index contributed by atoms with van der Waals surface area (Å²) in [5.74, 6) is 0.0369. The van der Waals surface area contributed by atoms with Gasteiger partial charge in [0.1, 0.15) is 11.6 Å². The van der Waals surface area contributed by atoms with Crippen molar-refractivity contribution in [2.75, 3.05) is 20.6 Å². The zero-order valence-electron chi connectivity index (χ0n) is 14.7. The number of hydrogen-bond donors (Lipinski definition) is 1. The average molecular weight is 359 g/mol. The van der Waals surface area contributed by atoms with Crippen molar-refractivity contribution in [2.45, 2.75) is 50.7 Å². The number of benzene rings is 1. The van der Waals surface area contributed by atoms with Crippen LogP contribution in [0.15, 0.2) is 24.3 Å². The summed E-state index contributed by atoms with van der Waals surface area (Å²) in [6.07, 6.45) is 5.28. The van der Waals surface area contributed by atoms with E-state index in [0.29, 0.717) is 12.3 Å². The highest BCUT2D eigenvalue weighted by Gasteiger charge is 2.34. The Morgan fingerprint density at radius 1 is 1.25 bits per heavy atom. The van der Waals surface area contributed by atoms with E-state index in [1.54, 1.807) is 6.92 Å². The Kier molecular flexibility index (Phi) is 7.97. The number of hydrogen-bond acceptors (Lipinski definition) is 3. The van der Waals surface area contributed by atoms with E-state index in [2.05, 4.69) is 24.3 Å². The molecule has 0 bridgehead atoms. The Labute approximate surface area is 150 Å². The maximum atomic E-state index is 12.9. The second kappa shape index (κ2) is 9.23. The molecule has 1 saturated carbocycles. The van der Waals surface area contributed by atoms with E-state index in [1.807, 2.05) is 0 Å². The zero-order valence-corrected chi connectivity index (χ0v) is 15.5. The smallest absolute Gasteiger partial charge is 0.260 e. The van der Waals surface area contributed by atoms with Crippen LogP contribution in [0, 0.1) is 5.82 Å². The molecule has 24 heavy (non-hydrogen) atoms. The number of rotatable bonds is 6. The molecule has 4 nitrogen and oxygen atoms in total. The molecule has 6 heteroatoms. The molecule has 1 aliphatic rings. The van der Waals surface area contributed by atoms with Crippen LogP contribution < -0.4 is 10.1 Å². The lowest BCUT2D eigenvalue weighted by Gasteiger charge is -2.43. The van der Waals surface area contributed by atoms with Crippen molar-refractivity contribution in [3.8, 4) is 5.75 Å². The van der Waals surface area contributed by atoms with Crippen LogP contribution in [0.5, 0.6) is 5.75 Å². The molecule has 1 fully saturated rings. The van der Waals surface area contributed by atoms with Crippen LogP contribution in [0.3, 0.4) is 0 Å². The van der Waals surface area contributed by atoms with E-state index >= 15 is 0 Å². The lowest BCUT2D eigenvalue weighted by atomic mass is 9.80. The van der Waals surface area contributed by atoms with Gasteiger partial charge in [-0.2, -0.15) is 0 Å². The van der Waals surface area contributed by atoms with Crippen molar-refractivity contribution in [2.24, 2.45) is 0 Å². The van der Waals surface area contributed by atoms with Gasteiger partial charge in [0.25, 0.3) is 5.91 Å². The maximum Gasteiger partial charge on any atom is 0.260 e. The first-order valence-corrected chi connectivity index (χ1v) is 8.30. The van der Waals surface area contributed by atoms with Gasteiger partial charge in [0.2, 0.25) is 0 Å². The van der Waals surface area contributed by atoms with Crippen molar-refractivity contribution in [3.05, 3.63) is 30.1 Å². The number of nitrogens with one attached hydrogen (secondary N) is 1. The van der Waals surface area contributed by atoms with Crippen molar-refractivity contribution in [1.82, 2.24) is 10.2 Å². The summed E-state index contributed by atoms with van der Waals surface area (Å²) in [5, 5.41) is 3.03. The highest BCUT2D eigenvalue weighted by molar-refractivity contribution is 5.85. The molecule has 1 aromatic carbocycles. The van der Waals surface area contributed by atoms with Gasteiger partial charge in [-0.1, -0.05) is 19.3 Å². The van der Waals surface area contributed by atoms with Gasteiger partial charge in [-0.15, -0.1) is 12.4 Å². The Morgan fingerprint density at radius 3 is 2.38 bits per heavy atom. The Hall–Kier alpha value is -1.33. The third-order valence-corrected chi connectivity index (χ3v) is 4.82. The lowest BCUT2D eigenvalue weighted by molar-refractivity contribution is -0.128. The molecule has 0 spiro atoms. The van der Waals surface area contributed by atoms with Gasteiger partial charge in [-0.05, 0) is 58.1 Å². The summed E-state index contributed by atoms with van der Waals surface area (Å²) in [5.41, 5.74) is 0.0451. The first-order valence-electron chi connectivity index (χ1n) is 8.30. The van der Waals surface area contributed by atoms with Crippen LogP contribution in [-0.4, -0.2) is 43.1 Å². The van der Waals surface area contributed by atoms with Gasteiger partial charge < -0.3 is 15.0 Å². The molecule has 1 atom stereocenters. The van der Waals surface area contributed by atoms with Gasteiger partial charge in [-0.25, -0.2) is 4.39 Å². The molecule has 0 heterocycles. The van der Waals surface area contributed by atoms with E-state index in [9.17, 15) is 9.18 Å². The summed E-state index contributed by atoms with van der Waals surface area (Å²) in [6, 6.07) is 5.70. The number of likely N-dealkylation sites (N-methyl/N-ethyl adjacent to an activating group) is 1. The van der Waals surface area contributed by atoms with Gasteiger partial charge in [-0.3, -0.25) is 4.79 Å². The van der Waals surface area contributed by atoms with E-state index in [0.717, 1.165) is 12.8 Å². The summed E-state index contributed by atoms with van der Waals surface area (Å²) in [7, 11) is 4.16. The van der Waals surface area contributed by atoms with E-state index < -0.39 is 6.10 Å². The molecule has 1 amide bonds. The number of halogens is 2. The second-order valence-corrected chi connectivity index (χ2v) is 6.61. The third-order valence-electron chi connectivity index (χ3n) is 4.82. The van der Waals surface area contributed by atoms with Crippen LogP contribution in [0.4, 0.5) is 4.39 Å². The summed E-state index contributed by atoms with van der Waals surface area (Å²) in [4.78, 5) is 14.5. The monoisotopic (exact) mass is 358 g/mol. The third kappa shape index (κ3) is 5.35. The number of ether oxygens (including phenoxy) is 1. The summed E-state index contributed by atoms with van der Waals surface area (Å²) >= 11 is 0. The van der Waals surface area contributed by atoms with Gasteiger partial charge in [0.05, 0.1) is 0 Å². The molecular formula is C18H28ClFN2O2. The fourth-order valence-corrected chi connectivity index (χ4v) is 3.16. The van der Waals surface area contributed by atoms with Crippen molar-refractivity contribution in [3.63, 3.8) is 0 Å². The van der Waals surface area contributed by atoms with E-state index in [4.69, 9.17) is 4.74 Å². The molecule has 1 N–H and O–H groups in total. The number of carbonyl (C=O) groups is 1. The first kappa shape index (κ1) is 20.7. The number of carbonyl (C=O) groups excluding carboxylic acids is 1. The molecule has 1 unspecified atom stereocenters. The molecular weight excluding hydrogens is 331 g/mol. The molecule has 0 aliphatic heterocycles. The minimum absolute atomic E-state index is 0. The number of nitrogens with zero attached hydrogens (tertiary/aromatic N) is 1. The molecule has 2 rings (SSSR count). The lowest BCUT2D eigenvalue weighted by Crippen LogP contribution is -2.55. The SMILES string of the molecule is CC(Oc1ccc(F)cc1)C(=O)NCC1(N(C)C)CCCCC1.Cl. The second-order valence-electron chi connectivity index (χ2n) is 6.61. The minimum Gasteiger partial charge on any atom is -0.481 e. The summed E-state index contributed by atoms with van der Waals surface area (Å²) in [6.45, 7) is 2.35. The number of amides is 1. The quantitative estimate of drug-likeness (QED) is 0.847. The van der Waals surface area contributed by atoms with Gasteiger partial charge in [0.15, 0.2) is 6.10 Å². The predicted molar refractivity (Wildman–Crippen MR) is 96.3 cm³/mol. The van der Waals surface area contributed by atoms with Crippen molar-refractivity contribution in [1.29, 1.82) is 0 Å².